The highest BCUT2D eigenvalue weighted by Gasteiger charge is 2.34. The van der Waals surface area contributed by atoms with Gasteiger partial charge in [0.05, 0.1) is 30.5 Å². The van der Waals surface area contributed by atoms with E-state index in [2.05, 4.69) is 35.0 Å². The zero-order valence-electron chi connectivity index (χ0n) is 21.5. The maximum Gasteiger partial charge on any atom is 0.227 e. The van der Waals surface area contributed by atoms with Gasteiger partial charge < -0.3 is 29.0 Å². The zero-order valence-corrected chi connectivity index (χ0v) is 21.5. The normalized spacial score (nSPS) is 21.3. The monoisotopic (exact) mass is 483 g/mol. The molecule has 8 nitrogen and oxygen atoms in total. The Bertz CT molecular complexity index is 996. The number of piperidine rings is 1. The lowest BCUT2D eigenvalue weighted by molar-refractivity contribution is -0.136. The van der Waals surface area contributed by atoms with Gasteiger partial charge in [-0.3, -0.25) is 4.79 Å². The minimum atomic E-state index is -0.0433. The molecule has 0 aliphatic carbocycles. The van der Waals surface area contributed by atoms with E-state index in [1.54, 1.807) is 0 Å². The summed E-state index contributed by atoms with van der Waals surface area (Å²) < 4.78 is 13.5. The summed E-state index contributed by atoms with van der Waals surface area (Å²) in [6.45, 7) is 17.3. The zero-order chi connectivity index (χ0) is 24.8. The van der Waals surface area contributed by atoms with Gasteiger partial charge >= 0.3 is 0 Å². The van der Waals surface area contributed by atoms with Crippen LogP contribution in [0.1, 0.15) is 45.0 Å². The molecule has 0 radical (unpaired) electrons. The molecule has 8 heteroatoms. The number of ether oxygens (including phenoxy) is 2. The van der Waals surface area contributed by atoms with Gasteiger partial charge in [-0.15, -0.1) is 0 Å². The van der Waals surface area contributed by atoms with Gasteiger partial charge in [0.1, 0.15) is 11.3 Å². The maximum absolute atomic E-state index is 13.4. The van der Waals surface area contributed by atoms with Crippen LogP contribution in [0.4, 0.5) is 0 Å². The molecule has 2 aromatic rings. The van der Waals surface area contributed by atoms with E-state index >= 15 is 0 Å². The lowest BCUT2D eigenvalue weighted by atomic mass is 9.92. The SMILES string of the molecule is C=C(c1nc2ccccn2c1COCC)N(CC(C)C)C1CNCC(C(=O)N2CCCOCC2)C1. The standard InChI is InChI=1S/C27H41N5O3/c1-5-34-19-24-26(29-25-9-6-7-11-31(24)25)21(4)32(18-20(2)3)23-15-22(16-28-17-23)27(33)30-10-8-13-35-14-12-30/h6-7,9,11,20,22-23,28H,4-5,8,10,12-19H2,1-3H3. The molecule has 0 bridgehead atoms. The number of imidazole rings is 1. The molecule has 2 saturated heterocycles. The first-order valence-corrected chi connectivity index (χ1v) is 13.1. The van der Waals surface area contributed by atoms with Gasteiger partial charge in [-0.1, -0.05) is 26.5 Å². The Balaban J connectivity index is 1.58. The van der Waals surface area contributed by atoms with E-state index in [-0.39, 0.29) is 17.9 Å². The Morgan fingerprint density at radius 1 is 1.31 bits per heavy atom. The average molecular weight is 484 g/mol. The Morgan fingerprint density at radius 2 is 2.17 bits per heavy atom. The molecule has 35 heavy (non-hydrogen) atoms. The van der Waals surface area contributed by atoms with Crippen molar-refractivity contribution in [3.05, 3.63) is 42.4 Å². The summed E-state index contributed by atoms with van der Waals surface area (Å²) in [7, 11) is 0. The highest BCUT2D eigenvalue weighted by atomic mass is 16.5. The first-order valence-electron chi connectivity index (χ1n) is 13.1. The van der Waals surface area contributed by atoms with Crippen LogP contribution in [0.3, 0.4) is 0 Å². The molecule has 2 aromatic heterocycles. The second-order valence-electron chi connectivity index (χ2n) is 10.0. The second kappa shape index (κ2) is 12.0. The van der Waals surface area contributed by atoms with E-state index in [0.29, 0.717) is 32.3 Å². The number of carbonyl (C=O) groups excluding carboxylic acids is 1. The first kappa shape index (κ1) is 25.7. The van der Waals surface area contributed by atoms with Crippen molar-refractivity contribution in [1.82, 2.24) is 24.5 Å². The van der Waals surface area contributed by atoms with Crippen molar-refractivity contribution in [2.75, 3.05) is 52.5 Å². The van der Waals surface area contributed by atoms with Gasteiger partial charge in [0.15, 0.2) is 0 Å². The molecule has 4 rings (SSSR count). The third-order valence-corrected chi connectivity index (χ3v) is 6.90. The van der Waals surface area contributed by atoms with Crippen LogP contribution in [-0.4, -0.2) is 83.7 Å². The molecular weight excluding hydrogens is 442 g/mol. The number of hydrogen-bond donors (Lipinski definition) is 1. The topological polar surface area (TPSA) is 71.3 Å². The number of hydrogen-bond acceptors (Lipinski definition) is 6. The Kier molecular flexibility index (Phi) is 8.81. The summed E-state index contributed by atoms with van der Waals surface area (Å²) in [6.07, 6.45) is 3.74. The molecular formula is C27H41N5O3. The summed E-state index contributed by atoms with van der Waals surface area (Å²) in [5, 5.41) is 3.54. The van der Waals surface area contributed by atoms with E-state index in [9.17, 15) is 4.79 Å². The molecule has 1 amide bonds. The Labute approximate surface area is 209 Å². The molecule has 1 N–H and O–H groups in total. The van der Waals surface area contributed by atoms with Gasteiger partial charge in [0, 0.05) is 58.2 Å². The number of nitrogens with zero attached hydrogens (tertiary/aromatic N) is 4. The number of amides is 1. The third-order valence-electron chi connectivity index (χ3n) is 6.90. The smallest absolute Gasteiger partial charge is 0.227 e. The van der Waals surface area contributed by atoms with Crippen molar-refractivity contribution < 1.29 is 14.3 Å². The van der Waals surface area contributed by atoms with Gasteiger partial charge in [0.25, 0.3) is 0 Å². The van der Waals surface area contributed by atoms with Gasteiger partial charge in [-0.25, -0.2) is 4.98 Å². The maximum atomic E-state index is 13.4. The van der Waals surface area contributed by atoms with Gasteiger partial charge in [0.2, 0.25) is 5.91 Å². The van der Waals surface area contributed by atoms with Crippen molar-refractivity contribution in [1.29, 1.82) is 0 Å². The quantitative estimate of drug-likeness (QED) is 0.591. The van der Waals surface area contributed by atoms with Crippen LogP contribution in [0.15, 0.2) is 31.0 Å². The van der Waals surface area contributed by atoms with Crippen molar-refractivity contribution in [2.24, 2.45) is 11.8 Å². The molecule has 0 saturated carbocycles. The molecule has 2 aliphatic heterocycles. The van der Waals surface area contributed by atoms with Crippen LogP contribution >= 0.6 is 0 Å². The molecule has 0 aromatic carbocycles. The number of aromatic nitrogens is 2. The lowest BCUT2D eigenvalue weighted by Crippen LogP contribution is -2.53. The largest absolute Gasteiger partial charge is 0.380 e. The lowest BCUT2D eigenvalue weighted by Gasteiger charge is -2.41. The molecule has 2 unspecified atom stereocenters. The summed E-state index contributed by atoms with van der Waals surface area (Å²) in [6, 6.07) is 6.19. The third kappa shape index (κ3) is 6.05. The number of nitrogens with one attached hydrogen (secondary N) is 1. The molecule has 2 aliphatic rings. The van der Waals surface area contributed by atoms with Crippen molar-refractivity contribution in [3.63, 3.8) is 0 Å². The minimum absolute atomic E-state index is 0.0433. The van der Waals surface area contributed by atoms with Crippen LogP contribution < -0.4 is 5.32 Å². The minimum Gasteiger partial charge on any atom is -0.380 e. The van der Waals surface area contributed by atoms with E-state index in [1.165, 1.54) is 0 Å². The summed E-state index contributed by atoms with van der Waals surface area (Å²) in [5.41, 5.74) is 3.69. The first-order chi connectivity index (χ1) is 17.0. The van der Waals surface area contributed by atoms with Gasteiger partial charge in [-0.05, 0) is 37.8 Å². The molecule has 0 spiro atoms. The van der Waals surface area contributed by atoms with E-state index in [1.807, 2.05) is 36.2 Å². The molecule has 2 fully saturated rings. The van der Waals surface area contributed by atoms with Crippen LogP contribution in [0.25, 0.3) is 11.3 Å². The number of carbonyl (C=O) groups is 1. The fourth-order valence-electron chi connectivity index (χ4n) is 5.19. The van der Waals surface area contributed by atoms with E-state index in [0.717, 1.165) is 68.4 Å². The predicted octanol–water partition coefficient (Wildman–Crippen LogP) is 3.03. The molecule has 2 atom stereocenters. The summed E-state index contributed by atoms with van der Waals surface area (Å²) in [5.74, 6) is 0.642. The fourth-order valence-corrected chi connectivity index (χ4v) is 5.19. The summed E-state index contributed by atoms with van der Waals surface area (Å²) >= 11 is 0. The van der Waals surface area contributed by atoms with Crippen LogP contribution in [0, 0.1) is 11.8 Å². The highest BCUT2D eigenvalue weighted by Crippen LogP contribution is 2.29. The summed E-state index contributed by atoms with van der Waals surface area (Å²) in [4.78, 5) is 22.7. The van der Waals surface area contributed by atoms with Crippen LogP contribution in [0.5, 0.6) is 0 Å². The van der Waals surface area contributed by atoms with Crippen molar-refractivity contribution in [2.45, 2.75) is 46.3 Å². The van der Waals surface area contributed by atoms with E-state index in [4.69, 9.17) is 14.5 Å². The number of pyridine rings is 1. The van der Waals surface area contributed by atoms with Crippen LogP contribution in [0.2, 0.25) is 0 Å². The Hall–Kier alpha value is -2.42. The predicted molar refractivity (Wildman–Crippen MR) is 138 cm³/mol. The van der Waals surface area contributed by atoms with E-state index < -0.39 is 0 Å². The van der Waals surface area contributed by atoms with Crippen LogP contribution in [-0.2, 0) is 20.9 Å². The fraction of sp³-hybridized carbons (Fsp3) is 0.630. The molecule has 4 heterocycles. The van der Waals surface area contributed by atoms with Gasteiger partial charge in [-0.2, -0.15) is 0 Å². The highest BCUT2D eigenvalue weighted by molar-refractivity contribution is 5.79. The van der Waals surface area contributed by atoms with Crippen molar-refractivity contribution in [3.8, 4) is 0 Å². The number of rotatable bonds is 9. The second-order valence-corrected chi connectivity index (χ2v) is 10.0. The number of fused-ring (bicyclic) bond motifs is 1. The average Bonchev–Trinajstić information content (AvgIpc) is 3.02. The Morgan fingerprint density at radius 3 is 2.97 bits per heavy atom. The molecule has 192 valence electrons. The van der Waals surface area contributed by atoms with Crippen molar-refractivity contribution >= 4 is 17.3 Å².